The summed E-state index contributed by atoms with van der Waals surface area (Å²) in [5.74, 6) is 0. The quantitative estimate of drug-likeness (QED) is 0.292. The van der Waals surface area contributed by atoms with E-state index in [9.17, 15) is 0 Å². The molecular weight excluding hydrogens is 336 g/mol. The Morgan fingerprint density at radius 1 is 1.12 bits per heavy atom. The number of aliphatic hydroxyl groups excluding tert-OH is 2. The van der Waals surface area contributed by atoms with Gasteiger partial charge in [-0.15, -0.1) is 0 Å². The second-order valence-electron chi connectivity index (χ2n) is 5.74. The number of pyridine rings is 1. The van der Waals surface area contributed by atoms with E-state index in [0.29, 0.717) is 4.99 Å². The van der Waals surface area contributed by atoms with Crippen LogP contribution in [0.25, 0.3) is 0 Å². The lowest BCUT2D eigenvalue weighted by atomic mass is 10.2. The number of hydrogen-bond acceptors (Lipinski definition) is 6. The van der Waals surface area contributed by atoms with Crippen LogP contribution < -0.4 is 16.4 Å². The third-order valence-electron chi connectivity index (χ3n) is 3.88. The van der Waals surface area contributed by atoms with Gasteiger partial charge < -0.3 is 26.6 Å². The number of nitrogens with zero attached hydrogens (tertiary/aromatic N) is 1. The van der Waals surface area contributed by atoms with Crippen molar-refractivity contribution < 1.29 is 10.2 Å². The predicted octanol–water partition coefficient (Wildman–Crippen LogP) is 0.986. The molecule has 0 aliphatic heterocycles. The average molecular weight is 371 g/mol. The van der Waals surface area contributed by atoms with E-state index in [2.05, 4.69) is 15.6 Å². The Hall–Kier alpha value is -1.12. The molecule has 1 heterocycles. The van der Waals surface area contributed by atoms with Crippen LogP contribution in [-0.4, -0.2) is 58.6 Å². The van der Waals surface area contributed by atoms with Crippen molar-refractivity contribution in [2.45, 2.75) is 52.1 Å². The zero-order chi connectivity index (χ0) is 19.1. The Bertz CT molecular complexity index is 452. The van der Waals surface area contributed by atoms with Gasteiger partial charge in [-0.3, -0.25) is 4.98 Å². The van der Waals surface area contributed by atoms with Crippen LogP contribution in [-0.2, 0) is 6.42 Å². The van der Waals surface area contributed by atoms with Gasteiger partial charge in [-0.05, 0) is 31.4 Å². The van der Waals surface area contributed by atoms with E-state index in [-0.39, 0.29) is 25.3 Å². The minimum absolute atomic E-state index is 0.188. The van der Waals surface area contributed by atoms with Gasteiger partial charge in [-0.25, -0.2) is 0 Å². The first kappa shape index (κ1) is 23.9. The first-order valence-corrected chi connectivity index (χ1v) is 9.36. The first-order valence-electron chi connectivity index (χ1n) is 8.95. The summed E-state index contributed by atoms with van der Waals surface area (Å²) in [6.45, 7) is 8.17. The third kappa shape index (κ3) is 11.2. The Morgan fingerprint density at radius 3 is 2.00 bits per heavy atom. The largest absolute Gasteiger partial charge is 0.395 e. The van der Waals surface area contributed by atoms with Crippen LogP contribution in [0.2, 0.25) is 0 Å². The highest BCUT2D eigenvalue weighted by molar-refractivity contribution is 7.80. The van der Waals surface area contributed by atoms with Crippen molar-refractivity contribution in [1.29, 1.82) is 0 Å². The molecular formula is C18H34N4O2S. The van der Waals surface area contributed by atoms with Crippen LogP contribution >= 0.6 is 12.2 Å². The van der Waals surface area contributed by atoms with Crippen LogP contribution in [0.4, 0.5) is 0 Å². The van der Waals surface area contributed by atoms with Crippen LogP contribution in [0, 0.1) is 0 Å². The number of nitrogens with two attached hydrogens (primary N) is 1. The number of hydrogen-bond donors (Lipinski definition) is 5. The molecule has 0 unspecified atom stereocenters. The third-order valence-corrected chi connectivity index (χ3v) is 4.12. The van der Waals surface area contributed by atoms with Gasteiger partial charge in [0.15, 0.2) is 0 Å². The number of aryl methyl sites for hydroxylation is 1. The monoisotopic (exact) mass is 370 g/mol. The molecule has 144 valence electrons. The van der Waals surface area contributed by atoms with Gasteiger partial charge in [-0.2, -0.15) is 0 Å². The van der Waals surface area contributed by atoms with E-state index in [1.807, 2.05) is 32.9 Å². The van der Waals surface area contributed by atoms with E-state index >= 15 is 0 Å². The summed E-state index contributed by atoms with van der Waals surface area (Å²) in [4.78, 5) is 4.56. The van der Waals surface area contributed by atoms with Crippen molar-refractivity contribution in [2.75, 3.05) is 26.3 Å². The van der Waals surface area contributed by atoms with Crippen molar-refractivity contribution in [3.63, 3.8) is 0 Å². The maximum atomic E-state index is 8.90. The first-order chi connectivity index (χ1) is 12.0. The van der Waals surface area contributed by atoms with E-state index in [1.165, 1.54) is 0 Å². The Kier molecular flexibility index (Phi) is 14.5. The number of thiocarbonyl (C=S) groups is 1. The lowest BCUT2D eigenvalue weighted by Crippen LogP contribution is -2.40. The second-order valence-corrected chi connectivity index (χ2v) is 6.18. The average Bonchev–Trinajstić information content (AvgIpc) is 2.65. The minimum atomic E-state index is 0.188. The van der Waals surface area contributed by atoms with Crippen LogP contribution in [0.3, 0.4) is 0 Å². The summed E-state index contributed by atoms with van der Waals surface area (Å²) >= 11 is 4.82. The minimum Gasteiger partial charge on any atom is -0.395 e. The molecule has 6 nitrogen and oxygen atoms in total. The zero-order valence-corrected chi connectivity index (χ0v) is 16.5. The highest BCUT2D eigenvalue weighted by Gasteiger charge is 2.04. The number of aliphatic hydroxyl groups is 2. The Morgan fingerprint density at radius 2 is 1.64 bits per heavy atom. The molecule has 0 amide bonds. The fourth-order valence-corrected chi connectivity index (χ4v) is 2.18. The van der Waals surface area contributed by atoms with Crippen molar-refractivity contribution in [2.24, 2.45) is 5.73 Å². The summed E-state index contributed by atoms with van der Waals surface area (Å²) < 4.78 is 0. The molecule has 0 aliphatic rings. The summed E-state index contributed by atoms with van der Waals surface area (Å²) in [6, 6.07) is 4.14. The van der Waals surface area contributed by atoms with E-state index in [4.69, 9.17) is 28.2 Å². The zero-order valence-electron chi connectivity index (χ0n) is 15.7. The standard InChI is InChI=1S/C10H24N2O2.C8H10N2S/c1-3-9(7-13)11-5-6-12-10(4-2)8-14;1-2-7-5-6(8(9)11)3-4-10-7/h9-14H,3-8H2,1-2H3;3-5H,2H2,1H3,(H2,9,11)/t9-,10-;/m0./s1. The summed E-state index contributed by atoms with van der Waals surface area (Å²) in [5.41, 5.74) is 7.36. The fourth-order valence-electron chi connectivity index (χ4n) is 2.05. The molecule has 0 bridgehead atoms. The predicted molar refractivity (Wildman–Crippen MR) is 108 cm³/mol. The lowest BCUT2D eigenvalue weighted by molar-refractivity contribution is 0.229. The van der Waals surface area contributed by atoms with Crippen molar-refractivity contribution in [3.05, 3.63) is 29.6 Å². The van der Waals surface area contributed by atoms with Crippen molar-refractivity contribution >= 4 is 17.2 Å². The van der Waals surface area contributed by atoms with Crippen LogP contribution in [0.1, 0.15) is 44.9 Å². The second kappa shape index (κ2) is 15.2. The van der Waals surface area contributed by atoms with Crippen molar-refractivity contribution in [1.82, 2.24) is 15.6 Å². The maximum Gasteiger partial charge on any atom is 0.104 e. The van der Waals surface area contributed by atoms with Gasteiger partial charge >= 0.3 is 0 Å². The Balaban J connectivity index is 0.000000472. The smallest absolute Gasteiger partial charge is 0.104 e. The molecule has 7 heteroatoms. The molecule has 1 aromatic rings. The van der Waals surface area contributed by atoms with Crippen molar-refractivity contribution in [3.8, 4) is 0 Å². The van der Waals surface area contributed by atoms with Gasteiger partial charge in [0.2, 0.25) is 0 Å². The topological polar surface area (TPSA) is 103 Å². The molecule has 0 spiro atoms. The highest BCUT2D eigenvalue weighted by Crippen LogP contribution is 2.01. The molecule has 25 heavy (non-hydrogen) atoms. The molecule has 0 saturated heterocycles. The SMILES string of the molecule is CC[C@@H](CO)NCCN[C@@H](CC)CO.CCc1cc(C(N)=S)ccn1. The normalized spacial score (nSPS) is 12.8. The maximum absolute atomic E-state index is 8.90. The fraction of sp³-hybridized carbons (Fsp3) is 0.667. The summed E-state index contributed by atoms with van der Waals surface area (Å²) in [7, 11) is 0. The molecule has 0 saturated carbocycles. The molecule has 0 aromatic carbocycles. The van der Waals surface area contributed by atoms with Gasteiger partial charge in [-0.1, -0.05) is 33.0 Å². The van der Waals surface area contributed by atoms with Gasteiger partial charge in [0.25, 0.3) is 0 Å². The molecule has 0 radical (unpaired) electrons. The van der Waals surface area contributed by atoms with E-state index in [0.717, 1.165) is 43.6 Å². The van der Waals surface area contributed by atoms with E-state index in [1.54, 1.807) is 6.20 Å². The molecule has 6 N–H and O–H groups in total. The van der Waals surface area contributed by atoms with Gasteiger partial charge in [0, 0.05) is 42.6 Å². The summed E-state index contributed by atoms with van der Waals surface area (Å²) in [6.07, 6.45) is 4.52. The van der Waals surface area contributed by atoms with Crippen LogP contribution in [0.5, 0.6) is 0 Å². The lowest BCUT2D eigenvalue weighted by Gasteiger charge is -2.17. The number of nitrogens with one attached hydrogen (secondary N) is 2. The molecule has 1 rings (SSSR count). The molecule has 0 aliphatic carbocycles. The molecule has 1 aromatic heterocycles. The van der Waals surface area contributed by atoms with E-state index < -0.39 is 0 Å². The van der Waals surface area contributed by atoms with Gasteiger partial charge in [0.05, 0.1) is 13.2 Å². The number of rotatable bonds is 11. The Labute approximate surface area is 157 Å². The highest BCUT2D eigenvalue weighted by atomic mass is 32.1. The number of aromatic nitrogens is 1. The summed E-state index contributed by atoms with van der Waals surface area (Å²) in [5, 5.41) is 24.3. The van der Waals surface area contributed by atoms with Gasteiger partial charge in [0.1, 0.15) is 4.99 Å². The molecule has 0 fully saturated rings. The molecule has 2 atom stereocenters. The van der Waals surface area contributed by atoms with Crippen LogP contribution in [0.15, 0.2) is 18.3 Å².